The molecule has 0 atom stereocenters. The molecule has 0 bridgehead atoms. The number of carbonyl (C=O) groups is 1. The number of aromatic nitrogens is 2. The van der Waals surface area contributed by atoms with Gasteiger partial charge in [0.2, 0.25) is 12.1 Å². The van der Waals surface area contributed by atoms with Gasteiger partial charge in [0.05, 0.1) is 40.2 Å². The number of ether oxygens (including phenoxy) is 2. The van der Waals surface area contributed by atoms with Gasteiger partial charge < -0.3 is 25.0 Å². The van der Waals surface area contributed by atoms with Gasteiger partial charge in [-0.3, -0.25) is 15.0 Å². The maximum atomic E-state index is 12.6. The SMILES string of the molecule is CCOc1cc2c(cc1NC(=O)/C=C/CN(C)C)c(Nc1ccc(OCc3ccccn3)c(Cl)c1)c(C#N)c[n+]2O. The first-order chi connectivity index (χ1) is 19.8. The number of nitriles is 1. The predicted molar refractivity (Wildman–Crippen MR) is 157 cm³/mol. The molecule has 0 saturated heterocycles. The van der Waals surface area contributed by atoms with Crippen LogP contribution in [-0.2, 0) is 11.4 Å². The van der Waals surface area contributed by atoms with E-state index in [9.17, 15) is 15.3 Å². The first-order valence-corrected chi connectivity index (χ1v) is 13.2. The van der Waals surface area contributed by atoms with Crippen molar-refractivity contribution < 1.29 is 24.2 Å². The number of fused-ring (bicyclic) bond motifs is 1. The van der Waals surface area contributed by atoms with E-state index in [0.29, 0.717) is 57.6 Å². The Labute approximate surface area is 243 Å². The van der Waals surface area contributed by atoms with Crippen molar-refractivity contribution in [2.45, 2.75) is 13.5 Å². The molecule has 0 spiro atoms. The van der Waals surface area contributed by atoms with Crippen LogP contribution < -0.4 is 24.8 Å². The number of nitrogens with one attached hydrogen (secondary N) is 2. The minimum atomic E-state index is -0.344. The fourth-order valence-electron chi connectivity index (χ4n) is 3.97. The molecule has 4 rings (SSSR count). The molecule has 2 aromatic heterocycles. The molecule has 0 radical (unpaired) electrons. The normalized spacial score (nSPS) is 11.0. The molecule has 1 amide bonds. The lowest BCUT2D eigenvalue weighted by Gasteiger charge is -2.15. The molecule has 0 fully saturated rings. The second-order valence-electron chi connectivity index (χ2n) is 9.21. The summed E-state index contributed by atoms with van der Waals surface area (Å²) in [6.07, 6.45) is 6.17. The summed E-state index contributed by atoms with van der Waals surface area (Å²) in [6.45, 7) is 3.01. The molecule has 4 aromatic rings. The predicted octanol–water partition coefficient (Wildman–Crippen LogP) is 5.06. The smallest absolute Gasteiger partial charge is 0.270 e. The number of anilines is 3. The number of amides is 1. The van der Waals surface area contributed by atoms with Crippen LogP contribution in [0.4, 0.5) is 17.1 Å². The Hall–Kier alpha value is -4.85. The molecule has 0 saturated carbocycles. The van der Waals surface area contributed by atoms with Crippen LogP contribution >= 0.6 is 11.6 Å². The van der Waals surface area contributed by atoms with Gasteiger partial charge in [-0.15, -0.1) is 0 Å². The van der Waals surface area contributed by atoms with Gasteiger partial charge in [0.25, 0.3) is 5.52 Å². The van der Waals surface area contributed by atoms with E-state index in [4.69, 9.17) is 21.1 Å². The second-order valence-corrected chi connectivity index (χ2v) is 9.61. The minimum absolute atomic E-state index is 0.166. The molecule has 2 heterocycles. The number of hydrogen-bond acceptors (Lipinski definition) is 8. The van der Waals surface area contributed by atoms with Crippen molar-refractivity contribution >= 4 is 45.5 Å². The largest absolute Gasteiger partial charge is 0.491 e. The molecule has 10 nitrogen and oxygen atoms in total. The molecular weight excluding hydrogens is 544 g/mol. The first kappa shape index (κ1) is 29.1. The zero-order valence-electron chi connectivity index (χ0n) is 22.9. The minimum Gasteiger partial charge on any atom is -0.491 e. The Bertz CT molecular complexity index is 1620. The molecule has 0 aliphatic rings. The molecule has 3 N–H and O–H groups in total. The standard InChI is InChI=1S/C30H29ClN6O4/c1-4-40-28-16-26-23(15-25(28)35-29(38)9-7-13-36(2)3)30(20(17-32)18-37(26)39)34-21-10-11-27(24(31)14-21)41-19-22-8-5-6-12-33-22/h5-12,14-16,18,39H,4,13,19H2,1-3H3,(H,35,38)/p+1/b9-7+. The van der Waals surface area contributed by atoms with Crippen LogP contribution in [0.25, 0.3) is 10.9 Å². The summed E-state index contributed by atoms with van der Waals surface area (Å²) in [7, 11) is 3.81. The third kappa shape index (κ3) is 7.42. The van der Waals surface area contributed by atoms with Crippen molar-refractivity contribution in [3.8, 4) is 17.6 Å². The zero-order chi connectivity index (χ0) is 29.4. The van der Waals surface area contributed by atoms with E-state index >= 15 is 0 Å². The Morgan fingerprint density at radius 1 is 1.20 bits per heavy atom. The van der Waals surface area contributed by atoms with Crippen LogP contribution in [0.1, 0.15) is 18.2 Å². The van der Waals surface area contributed by atoms with Gasteiger partial charge in [0.15, 0.2) is 0 Å². The molecule has 0 aliphatic heterocycles. The number of benzene rings is 2. The van der Waals surface area contributed by atoms with E-state index < -0.39 is 0 Å². The monoisotopic (exact) mass is 573 g/mol. The maximum Gasteiger partial charge on any atom is 0.270 e. The number of hydrogen-bond donors (Lipinski definition) is 3. The van der Waals surface area contributed by atoms with E-state index in [1.807, 2.05) is 44.1 Å². The van der Waals surface area contributed by atoms with Gasteiger partial charge in [-0.25, -0.2) is 0 Å². The van der Waals surface area contributed by atoms with Crippen molar-refractivity contribution in [3.05, 3.63) is 89.4 Å². The van der Waals surface area contributed by atoms with Crippen molar-refractivity contribution in [1.82, 2.24) is 9.88 Å². The van der Waals surface area contributed by atoms with Crippen molar-refractivity contribution in [1.29, 1.82) is 5.26 Å². The Morgan fingerprint density at radius 2 is 2.02 bits per heavy atom. The fraction of sp³-hybridized carbons (Fsp3) is 0.200. The summed E-state index contributed by atoms with van der Waals surface area (Å²) in [5.41, 5.74) is 2.66. The number of nitrogens with zero attached hydrogens (tertiary/aromatic N) is 4. The number of pyridine rings is 2. The number of rotatable bonds is 11. The second kappa shape index (κ2) is 13.5. The van der Waals surface area contributed by atoms with Gasteiger partial charge in [-0.2, -0.15) is 5.26 Å². The van der Waals surface area contributed by atoms with Crippen LogP contribution in [0.3, 0.4) is 0 Å². The lowest BCUT2D eigenvalue weighted by Crippen LogP contribution is -2.31. The van der Waals surface area contributed by atoms with Crippen LogP contribution in [0.15, 0.2) is 73.1 Å². The highest BCUT2D eigenvalue weighted by molar-refractivity contribution is 6.32. The summed E-state index contributed by atoms with van der Waals surface area (Å²) < 4.78 is 12.4. The van der Waals surface area contributed by atoms with Gasteiger partial charge >= 0.3 is 0 Å². The molecule has 41 heavy (non-hydrogen) atoms. The fourth-order valence-corrected chi connectivity index (χ4v) is 4.21. The summed E-state index contributed by atoms with van der Waals surface area (Å²) in [5.74, 6) is 0.497. The van der Waals surface area contributed by atoms with Gasteiger partial charge in [0.1, 0.15) is 29.7 Å². The van der Waals surface area contributed by atoms with E-state index in [0.717, 1.165) is 10.4 Å². The van der Waals surface area contributed by atoms with Crippen molar-refractivity contribution in [3.63, 3.8) is 0 Å². The molecule has 2 aromatic carbocycles. The number of carbonyl (C=O) groups excluding carboxylic acids is 1. The average Bonchev–Trinajstić information content (AvgIpc) is 2.95. The van der Waals surface area contributed by atoms with Crippen LogP contribution in [0, 0.1) is 11.3 Å². The molecule has 11 heteroatoms. The highest BCUT2D eigenvalue weighted by Crippen LogP contribution is 2.37. The summed E-state index contributed by atoms with van der Waals surface area (Å²) in [6, 6.07) is 16.1. The topological polar surface area (TPSA) is 124 Å². The van der Waals surface area contributed by atoms with Crippen LogP contribution in [0.2, 0.25) is 5.02 Å². The Morgan fingerprint density at radius 3 is 2.71 bits per heavy atom. The number of likely N-dealkylation sites (N-methyl/N-ethyl adjacent to an activating group) is 1. The third-order valence-electron chi connectivity index (χ3n) is 5.86. The molecule has 210 valence electrons. The first-order valence-electron chi connectivity index (χ1n) is 12.8. The van der Waals surface area contributed by atoms with E-state index in [2.05, 4.69) is 21.7 Å². The van der Waals surface area contributed by atoms with Gasteiger partial charge in [0, 0.05) is 29.2 Å². The maximum absolute atomic E-state index is 12.6. The highest BCUT2D eigenvalue weighted by Gasteiger charge is 2.23. The molecule has 0 aliphatic carbocycles. The van der Waals surface area contributed by atoms with Crippen LogP contribution in [-0.4, -0.2) is 48.2 Å². The summed E-state index contributed by atoms with van der Waals surface area (Å²) in [5, 5.41) is 27.5. The van der Waals surface area contributed by atoms with E-state index in [-0.39, 0.29) is 18.1 Å². The Kier molecular flexibility index (Phi) is 9.58. The van der Waals surface area contributed by atoms with E-state index in [1.165, 1.54) is 12.3 Å². The Balaban J connectivity index is 1.68. The highest BCUT2D eigenvalue weighted by atomic mass is 35.5. The molecular formula is C30H30ClN6O4+. The molecule has 0 unspecified atom stereocenters. The van der Waals surface area contributed by atoms with Crippen molar-refractivity contribution in [2.75, 3.05) is 37.9 Å². The summed E-state index contributed by atoms with van der Waals surface area (Å²) in [4.78, 5) is 18.8. The van der Waals surface area contributed by atoms with Gasteiger partial charge in [-0.05, 0) is 57.4 Å². The van der Waals surface area contributed by atoms with Crippen molar-refractivity contribution in [2.24, 2.45) is 0 Å². The van der Waals surface area contributed by atoms with Crippen LogP contribution in [0.5, 0.6) is 11.5 Å². The lowest BCUT2D eigenvalue weighted by molar-refractivity contribution is -0.884. The summed E-state index contributed by atoms with van der Waals surface area (Å²) >= 11 is 6.51. The number of halogens is 1. The van der Waals surface area contributed by atoms with E-state index in [1.54, 1.807) is 42.6 Å². The lowest BCUT2D eigenvalue weighted by atomic mass is 10.1. The third-order valence-corrected chi connectivity index (χ3v) is 6.15. The average molecular weight is 574 g/mol. The zero-order valence-corrected chi connectivity index (χ0v) is 23.6. The quantitative estimate of drug-likeness (QED) is 0.129. The van der Waals surface area contributed by atoms with Gasteiger partial charge in [-0.1, -0.05) is 23.7 Å².